The number of anilines is 1. The van der Waals surface area contributed by atoms with E-state index in [1.807, 2.05) is 12.1 Å². The molecule has 122 valence electrons. The molecule has 3 nitrogen and oxygen atoms in total. The van der Waals surface area contributed by atoms with Gasteiger partial charge >= 0.3 is 0 Å². The normalized spacial score (nSPS) is 16.4. The van der Waals surface area contributed by atoms with Crippen LogP contribution in [-0.2, 0) is 6.42 Å². The molecule has 3 rings (SSSR count). The monoisotopic (exact) mass is 311 g/mol. The van der Waals surface area contributed by atoms with Crippen LogP contribution in [0.15, 0.2) is 24.3 Å². The zero-order valence-corrected chi connectivity index (χ0v) is 14.5. The lowest BCUT2D eigenvalue weighted by molar-refractivity contribution is -0.360. The van der Waals surface area contributed by atoms with Gasteiger partial charge in [0.2, 0.25) is 5.52 Å². The highest BCUT2D eigenvalue weighted by Gasteiger charge is 2.37. The van der Waals surface area contributed by atoms with Crippen LogP contribution in [0.1, 0.15) is 62.5 Å². The molecule has 2 N–H and O–H groups in total. The van der Waals surface area contributed by atoms with Gasteiger partial charge < -0.3 is 5.32 Å². The molecular weight excluding hydrogens is 284 g/mol. The van der Waals surface area contributed by atoms with Crippen molar-refractivity contribution in [2.45, 2.75) is 52.9 Å². The van der Waals surface area contributed by atoms with Crippen molar-refractivity contribution in [3.8, 4) is 0 Å². The summed E-state index contributed by atoms with van der Waals surface area (Å²) in [7, 11) is 0. The summed E-state index contributed by atoms with van der Waals surface area (Å²) in [5.74, 6) is 0.260. The van der Waals surface area contributed by atoms with Crippen molar-refractivity contribution in [1.29, 1.82) is 0 Å². The average molecular weight is 311 g/mol. The number of carbonyl (C=O) groups excluding carboxylic acids is 1. The molecule has 0 saturated carbocycles. The number of unbranched alkanes of at least 4 members (excludes halogenated alkanes) is 2. The number of carbonyl (C=O) groups is 1. The highest BCUT2D eigenvalue weighted by atomic mass is 16.1. The lowest BCUT2D eigenvalue weighted by Gasteiger charge is -2.28. The second-order valence-electron chi connectivity index (χ2n) is 7.47. The molecule has 0 atom stereocenters. The van der Waals surface area contributed by atoms with Gasteiger partial charge in [-0.2, -0.15) is 0 Å². The van der Waals surface area contributed by atoms with E-state index in [1.54, 1.807) is 0 Å². The van der Waals surface area contributed by atoms with Gasteiger partial charge in [-0.15, -0.1) is 0 Å². The summed E-state index contributed by atoms with van der Waals surface area (Å²) in [5, 5.41) is 4.69. The quantitative estimate of drug-likeness (QED) is 0.831. The minimum absolute atomic E-state index is 0.0303. The third-order valence-electron chi connectivity index (χ3n) is 4.69. The molecule has 23 heavy (non-hydrogen) atoms. The summed E-state index contributed by atoms with van der Waals surface area (Å²) in [6.45, 7) is 7.47. The molecule has 1 heterocycles. The summed E-state index contributed by atoms with van der Waals surface area (Å²) >= 11 is 0. The SMILES string of the molecule is CCCCCNc1c2c([nH+]c3ccccc13)CC(C)(C)CC2=O. The van der Waals surface area contributed by atoms with Gasteiger partial charge in [-0.1, -0.05) is 45.7 Å². The first-order chi connectivity index (χ1) is 11.0. The van der Waals surface area contributed by atoms with E-state index in [-0.39, 0.29) is 11.2 Å². The Morgan fingerprint density at radius 2 is 1.96 bits per heavy atom. The number of fused-ring (bicyclic) bond motifs is 2. The van der Waals surface area contributed by atoms with Crippen LogP contribution in [0.2, 0.25) is 0 Å². The van der Waals surface area contributed by atoms with Crippen LogP contribution in [0.3, 0.4) is 0 Å². The maximum atomic E-state index is 12.8. The van der Waals surface area contributed by atoms with Crippen molar-refractivity contribution < 1.29 is 9.78 Å². The average Bonchev–Trinajstić information content (AvgIpc) is 2.49. The Morgan fingerprint density at radius 1 is 1.17 bits per heavy atom. The van der Waals surface area contributed by atoms with Crippen molar-refractivity contribution in [3.63, 3.8) is 0 Å². The lowest BCUT2D eigenvalue weighted by atomic mass is 9.75. The lowest BCUT2D eigenvalue weighted by Crippen LogP contribution is -2.33. The smallest absolute Gasteiger partial charge is 0.213 e. The Bertz CT molecular complexity index is 734. The van der Waals surface area contributed by atoms with Gasteiger partial charge in [0.1, 0.15) is 5.56 Å². The molecule has 1 aromatic carbocycles. The highest BCUT2D eigenvalue weighted by molar-refractivity contribution is 6.09. The molecule has 1 aliphatic rings. The van der Waals surface area contributed by atoms with Crippen LogP contribution in [0.5, 0.6) is 0 Å². The van der Waals surface area contributed by atoms with Crippen LogP contribution in [-0.4, -0.2) is 12.3 Å². The summed E-state index contributed by atoms with van der Waals surface area (Å²) in [6.07, 6.45) is 5.10. The minimum atomic E-state index is 0.0303. The largest absolute Gasteiger partial charge is 0.384 e. The molecule has 0 amide bonds. The number of aromatic amines is 1. The summed E-state index contributed by atoms with van der Waals surface area (Å²) in [6, 6.07) is 8.28. The molecule has 1 aliphatic carbocycles. The molecule has 1 aromatic heterocycles. The van der Waals surface area contributed by atoms with Gasteiger partial charge in [-0.05, 0) is 17.9 Å². The number of pyridine rings is 1. The zero-order valence-electron chi connectivity index (χ0n) is 14.5. The summed E-state index contributed by atoms with van der Waals surface area (Å²) < 4.78 is 0. The number of hydrogen-bond donors (Lipinski definition) is 1. The first kappa shape index (κ1) is 16.0. The molecule has 0 spiro atoms. The zero-order chi connectivity index (χ0) is 16.4. The number of aromatic nitrogens is 1. The van der Waals surface area contributed by atoms with Gasteiger partial charge in [0, 0.05) is 25.5 Å². The topological polar surface area (TPSA) is 43.2 Å². The van der Waals surface area contributed by atoms with Crippen LogP contribution < -0.4 is 10.3 Å². The Balaban J connectivity index is 2.08. The third kappa shape index (κ3) is 3.24. The minimum Gasteiger partial charge on any atom is -0.384 e. The number of ketones is 1. The number of H-pyrrole nitrogens is 1. The molecule has 0 unspecified atom stereocenters. The number of Topliss-reactive ketones (excluding diaryl/α,β-unsaturated/α-hetero) is 1. The van der Waals surface area contributed by atoms with E-state index in [0.717, 1.165) is 47.2 Å². The Kier molecular flexibility index (Phi) is 4.38. The maximum Gasteiger partial charge on any atom is 0.213 e. The molecular formula is C20H27N2O+. The second-order valence-corrected chi connectivity index (χ2v) is 7.47. The van der Waals surface area contributed by atoms with Crippen molar-refractivity contribution in [2.75, 3.05) is 11.9 Å². The van der Waals surface area contributed by atoms with E-state index in [0.29, 0.717) is 6.42 Å². The van der Waals surface area contributed by atoms with E-state index in [9.17, 15) is 4.79 Å². The second kappa shape index (κ2) is 6.31. The highest BCUT2D eigenvalue weighted by Crippen LogP contribution is 2.38. The first-order valence-corrected chi connectivity index (χ1v) is 8.76. The molecule has 3 heteroatoms. The van der Waals surface area contributed by atoms with Crippen molar-refractivity contribution in [2.24, 2.45) is 5.41 Å². The van der Waals surface area contributed by atoms with Crippen LogP contribution in [0.25, 0.3) is 10.9 Å². The van der Waals surface area contributed by atoms with Gasteiger partial charge in [0.05, 0.1) is 11.1 Å². The number of para-hydroxylation sites is 1. The predicted molar refractivity (Wildman–Crippen MR) is 95.0 cm³/mol. The molecule has 2 aromatic rings. The summed E-state index contributed by atoms with van der Waals surface area (Å²) in [4.78, 5) is 16.3. The Labute approximate surface area is 138 Å². The molecule has 0 fully saturated rings. The molecule has 0 bridgehead atoms. The van der Waals surface area contributed by atoms with E-state index in [2.05, 4.69) is 43.2 Å². The fourth-order valence-electron chi connectivity index (χ4n) is 3.60. The fourth-order valence-corrected chi connectivity index (χ4v) is 3.60. The fraction of sp³-hybridized carbons (Fsp3) is 0.500. The van der Waals surface area contributed by atoms with Gasteiger partial charge in [0.25, 0.3) is 0 Å². The molecule has 0 saturated heterocycles. The van der Waals surface area contributed by atoms with Crippen molar-refractivity contribution in [1.82, 2.24) is 0 Å². The Hall–Kier alpha value is -1.90. The third-order valence-corrected chi connectivity index (χ3v) is 4.69. The van der Waals surface area contributed by atoms with E-state index in [1.165, 1.54) is 12.8 Å². The van der Waals surface area contributed by atoms with Crippen LogP contribution >= 0.6 is 0 Å². The van der Waals surface area contributed by atoms with Crippen molar-refractivity contribution >= 4 is 22.4 Å². The van der Waals surface area contributed by atoms with Gasteiger partial charge in [-0.3, -0.25) is 4.79 Å². The molecule has 0 radical (unpaired) electrons. The van der Waals surface area contributed by atoms with Gasteiger partial charge in [-0.25, -0.2) is 4.98 Å². The number of rotatable bonds is 5. The van der Waals surface area contributed by atoms with Crippen molar-refractivity contribution in [3.05, 3.63) is 35.5 Å². The van der Waals surface area contributed by atoms with Crippen LogP contribution in [0, 0.1) is 5.41 Å². The maximum absolute atomic E-state index is 12.8. The number of benzene rings is 1. The first-order valence-electron chi connectivity index (χ1n) is 8.76. The standard InChI is InChI=1S/C20H26N2O/c1-4-5-8-11-21-19-14-9-6-7-10-15(14)22-16-12-20(2,3)13-17(23)18(16)19/h6-7,9-10H,4-5,8,11-13H2,1-3H3,(H,21,22)/p+1. The van der Waals surface area contributed by atoms with E-state index < -0.39 is 0 Å². The summed E-state index contributed by atoms with van der Waals surface area (Å²) in [5.41, 5.74) is 4.14. The van der Waals surface area contributed by atoms with E-state index >= 15 is 0 Å². The van der Waals surface area contributed by atoms with Gasteiger partial charge in [0.15, 0.2) is 11.5 Å². The number of hydrogen-bond acceptors (Lipinski definition) is 2. The Morgan fingerprint density at radius 3 is 2.74 bits per heavy atom. The van der Waals surface area contributed by atoms with Crippen LogP contribution in [0.4, 0.5) is 5.69 Å². The molecule has 0 aliphatic heterocycles. The predicted octanol–water partition coefficient (Wildman–Crippen LogP) is 4.41. The number of nitrogens with one attached hydrogen (secondary N) is 2. The van der Waals surface area contributed by atoms with E-state index in [4.69, 9.17) is 0 Å².